The molecule has 0 saturated heterocycles. The van der Waals surface area contributed by atoms with Crippen LogP contribution >= 0.6 is 22.9 Å². The van der Waals surface area contributed by atoms with Crippen LogP contribution in [0.5, 0.6) is 11.5 Å². The molecule has 0 N–H and O–H groups in total. The Hall–Kier alpha value is -2.84. The van der Waals surface area contributed by atoms with Gasteiger partial charge in [0.25, 0.3) is 5.91 Å². The lowest BCUT2D eigenvalue weighted by Crippen LogP contribution is -2.23. The van der Waals surface area contributed by atoms with Crippen LogP contribution in [0, 0.1) is 0 Å². The van der Waals surface area contributed by atoms with E-state index in [2.05, 4.69) is 4.99 Å². The zero-order valence-corrected chi connectivity index (χ0v) is 17.5. The fourth-order valence-electron chi connectivity index (χ4n) is 2.61. The maximum absolute atomic E-state index is 12.4. The summed E-state index contributed by atoms with van der Waals surface area (Å²) in [4.78, 5) is 28.8. The third kappa shape index (κ3) is 5.16. The molecule has 3 aromatic rings. The van der Waals surface area contributed by atoms with E-state index in [1.165, 1.54) is 18.4 Å². The average Bonchev–Trinajstić information content (AvgIpc) is 3.05. The number of methoxy groups -OCH3 is 1. The number of benzene rings is 2. The molecule has 0 aliphatic heterocycles. The van der Waals surface area contributed by atoms with Gasteiger partial charge in [0.1, 0.15) is 23.6 Å². The highest BCUT2D eigenvalue weighted by molar-refractivity contribution is 7.16. The minimum absolute atomic E-state index is 0.0925. The number of halogens is 1. The van der Waals surface area contributed by atoms with Gasteiger partial charge in [-0.15, -0.1) is 0 Å². The van der Waals surface area contributed by atoms with Crippen molar-refractivity contribution in [2.24, 2.45) is 4.99 Å². The Morgan fingerprint density at radius 3 is 2.59 bits per heavy atom. The van der Waals surface area contributed by atoms with E-state index < -0.39 is 11.9 Å². The van der Waals surface area contributed by atoms with Crippen molar-refractivity contribution >= 4 is 45.0 Å². The lowest BCUT2D eigenvalue weighted by Gasteiger charge is -2.09. The quantitative estimate of drug-likeness (QED) is 0.532. The van der Waals surface area contributed by atoms with E-state index in [9.17, 15) is 9.59 Å². The molecule has 152 valence electrons. The Labute approximate surface area is 176 Å². The molecule has 3 rings (SSSR count). The van der Waals surface area contributed by atoms with Crippen molar-refractivity contribution in [2.45, 2.75) is 13.5 Å². The molecule has 7 nitrogen and oxygen atoms in total. The van der Waals surface area contributed by atoms with Crippen molar-refractivity contribution in [1.29, 1.82) is 0 Å². The highest BCUT2D eigenvalue weighted by atomic mass is 35.5. The molecule has 0 saturated carbocycles. The summed E-state index contributed by atoms with van der Waals surface area (Å²) in [5, 5.41) is 0.576. The van der Waals surface area contributed by atoms with E-state index in [1.807, 2.05) is 25.1 Å². The van der Waals surface area contributed by atoms with E-state index in [0.717, 1.165) is 4.70 Å². The summed E-state index contributed by atoms with van der Waals surface area (Å²) in [7, 11) is 1.31. The largest absolute Gasteiger partial charge is 0.492 e. The monoisotopic (exact) mass is 434 g/mol. The number of nitrogens with zero attached hydrogens (tertiary/aromatic N) is 2. The average molecular weight is 435 g/mol. The molecule has 1 aromatic heterocycles. The van der Waals surface area contributed by atoms with Gasteiger partial charge in [-0.1, -0.05) is 29.0 Å². The van der Waals surface area contributed by atoms with Crippen LogP contribution in [0.4, 0.5) is 0 Å². The molecule has 0 radical (unpaired) electrons. The van der Waals surface area contributed by atoms with Gasteiger partial charge < -0.3 is 18.8 Å². The number of carbonyl (C=O) groups excluding carboxylic acids is 2. The second-order valence-corrected chi connectivity index (χ2v) is 7.28. The maximum Gasteiger partial charge on any atom is 0.325 e. The van der Waals surface area contributed by atoms with Gasteiger partial charge in [-0.25, -0.2) is 0 Å². The highest BCUT2D eigenvalue weighted by Crippen LogP contribution is 2.27. The Bertz CT molecular complexity index is 1090. The summed E-state index contributed by atoms with van der Waals surface area (Å²) < 4.78 is 18.4. The first-order valence-corrected chi connectivity index (χ1v) is 9.99. The van der Waals surface area contributed by atoms with E-state index in [-0.39, 0.29) is 13.2 Å². The summed E-state index contributed by atoms with van der Waals surface area (Å²) in [6, 6.07) is 12.2. The van der Waals surface area contributed by atoms with Crippen LogP contribution in [0.25, 0.3) is 10.2 Å². The summed E-state index contributed by atoms with van der Waals surface area (Å²) in [5.41, 5.74) is 0.690. The molecule has 0 aliphatic carbocycles. The first-order chi connectivity index (χ1) is 14.0. The number of esters is 1. The third-order valence-electron chi connectivity index (χ3n) is 3.88. The van der Waals surface area contributed by atoms with Crippen molar-refractivity contribution in [3.63, 3.8) is 0 Å². The van der Waals surface area contributed by atoms with Gasteiger partial charge in [-0.2, -0.15) is 4.99 Å². The predicted octanol–water partition coefficient (Wildman–Crippen LogP) is 3.43. The summed E-state index contributed by atoms with van der Waals surface area (Å²) in [6.07, 6.45) is 0. The molecule has 0 bridgehead atoms. The van der Waals surface area contributed by atoms with Crippen LogP contribution in [0.15, 0.2) is 47.5 Å². The molecule has 0 spiro atoms. The molecule has 0 atom stereocenters. The van der Waals surface area contributed by atoms with Crippen LogP contribution in [0.1, 0.15) is 6.92 Å². The second-order valence-electron chi connectivity index (χ2n) is 5.83. The van der Waals surface area contributed by atoms with Crippen molar-refractivity contribution in [2.75, 3.05) is 20.3 Å². The SMILES string of the molecule is CCOc1cccc2sc(=NC(=O)COc3ccc(Cl)cc3)n(CC(=O)OC)c12. The minimum Gasteiger partial charge on any atom is -0.492 e. The Morgan fingerprint density at radius 1 is 1.14 bits per heavy atom. The lowest BCUT2D eigenvalue weighted by atomic mass is 10.3. The van der Waals surface area contributed by atoms with Crippen LogP contribution in [-0.2, 0) is 20.9 Å². The summed E-state index contributed by atoms with van der Waals surface area (Å²) >= 11 is 7.12. The van der Waals surface area contributed by atoms with Crippen molar-refractivity contribution in [3.05, 3.63) is 52.3 Å². The van der Waals surface area contributed by atoms with Crippen LogP contribution < -0.4 is 14.3 Å². The van der Waals surface area contributed by atoms with Gasteiger partial charge in [0, 0.05) is 5.02 Å². The fourth-order valence-corrected chi connectivity index (χ4v) is 3.80. The molecule has 2 aromatic carbocycles. The predicted molar refractivity (Wildman–Crippen MR) is 111 cm³/mol. The zero-order valence-electron chi connectivity index (χ0n) is 15.9. The molecule has 0 fully saturated rings. The summed E-state index contributed by atoms with van der Waals surface area (Å²) in [5.74, 6) is 0.178. The van der Waals surface area contributed by atoms with Crippen LogP contribution in [-0.4, -0.2) is 36.8 Å². The Morgan fingerprint density at radius 2 is 1.90 bits per heavy atom. The van der Waals surface area contributed by atoms with E-state index in [0.29, 0.717) is 33.4 Å². The standard InChI is InChI=1S/C20H19ClN2O5S/c1-3-27-15-5-4-6-16-19(15)23(11-18(25)26-2)20(29-16)22-17(24)12-28-14-9-7-13(21)8-10-14/h4-10H,3,11-12H2,1-2H3. The van der Waals surface area contributed by atoms with Gasteiger partial charge in [-0.3, -0.25) is 9.59 Å². The van der Waals surface area contributed by atoms with Crippen molar-refractivity contribution in [1.82, 2.24) is 4.57 Å². The van der Waals surface area contributed by atoms with E-state index >= 15 is 0 Å². The van der Waals surface area contributed by atoms with Gasteiger partial charge in [0.05, 0.1) is 18.4 Å². The van der Waals surface area contributed by atoms with Gasteiger partial charge in [0.15, 0.2) is 11.4 Å². The smallest absolute Gasteiger partial charge is 0.325 e. The first kappa shape index (κ1) is 20.9. The third-order valence-corrected chi connectivity index (χ3v) is 5.17. The molecule has 0 aliphatic rings. The number of aromatic nitrogens is 1. The Balaban J connectivity index is 1.94. The molecular formula is C20H19ClN2O5S. The number of thiazole rings is 1. The topological polar surface area (TPSA) is 79.1 Å². The van der Waals surface area contributed by atoms with Gasteiger partial charge in [-0.05, 0) is 43.3 Å². The van der Waals surface area contributed by atoms with Gasteiger partial charge in [0.2, 0.25) is 0 Å². The minimum atomic E-state index is -0.483. The molecule has 9 heteroatoms. The number of para-hydroxylation sites is 1. The van der Waals surface area contributed by atoms with Crippen LogP contribution in [0.2, 0.25) is 5.02 Å². The Kier molecular flexibility index (Phi) is 6.90. The van der Waals surface area contributed by atoms with Gasteiger partial charge >= 0.3 is 5.97 Å². The number of ether oxygens (including phenoxy) is 3. The van der Waals surface area contributed by atoms with Crippen molar-refractivity contribution in [3.8, 4) is 11.5 Å². The number of amides is 1. The number of hydrogen-bond acceptors (Lipinski definition) is 6. The first-order valence-electron chi connectivity index (χ1n) is 8.79. The van der Waals surface area contributed by atoms with E-state index in [4.69, 9.17) is 25.8 Å². The fraction of sp³-hybridized carbons (Fsp3) is 0.250. The molecule has 1 heterocycles. The van der Waals surface area contributed by atoms with Crippen molar-refractivity contribution < 1.29 is 23.8 Å². The van der Waals surface area contributed by atoms with E-state index in [1.54, 1.807) is 28.8 Å². The van der Waals surface area contributed by atoms with Crippen LogP contribution in [0.3, 0.4) is 0 Å². The lowest BCUT2D eigenvalue weighted by molar-refractivity contribution is -0.141. The second kappa shape index (κ2) is 9.58. The summed E-state index contributed by atoms with van der Waals surface area (Å²) in [6.45, 7) is 2.00. The molecule has 0 unspecified atom stereocenters. The highest BCUT2D eigenvalue weighted by Gasteiger charge is 2.15. The molecular weight excluding hydrogens is 416 g/mol. The molecule has 1 amide bonds. The zero-order chi connectivity index (χ0) is 20.8. The number of rotatable bonds is 7. The normalized spacial score (nSPS) is 11.5. The number of carbonyl (C=O) groups is 2. The maximum atomic E-state index is 12.4. The number of fused-ring (bicyclic) bond motifs is 1. The number of hydrogen-bond donors (Lipinski definition) is 0. The molecule has 29 heavy (non-hydrogen) atoms.